The summed E-state index contributed by atoms with van der Waals surface area (Å²) >= 11 is 0. The second-order valence-corrected chi connectivity index (χ2v) is 7.56. The lowest BCUT2D eigenvalue weighted by Crippen LogP contribution is -2.52. The highest BCUT2D eigenvalue weighted by atomic mass is 16.5. The number of amides is 1. The summed E-state index contributed by atoms with van der Waals surface area (Å²) in [7, 11) is 2.19. The summed E-state index contributed by atoms with van der Waals surface area (Å²) in [5.41, 5.74) is 3.94. The zero-order valence-corrected chi connectivity index (χ0v) is 15.2. The predicted molar refractivity (Wildman–Crippen MR) is 95.5 cm³/mol. The van der Waals surface area contributed by atoms with Crippen LogP contribution in [-0.4, -0.2) is 46.5 Å². The Hall–Kier alpha value is -2.14. The number of likely N-dealkylation sites (tertiary alicyclic amines) is 1. The molecule has 5 heteroatoms. The Labute approximate surface area is 148 Å². The van der Waals surface area contributed by atoms with Crippen molar-refractivity contribution in [3.63, 3.8) is 0 Å². The van der Waals surface area contributed by atoms with Crippen LogP contribution in [0.3, 0.4) is 0 Å². The maximum absolute atomic E-state index is 13.3. The molecule has 1 aromatic carbocycles. The van der Waals surface area contributed by atoms with Gasteiger partial charge in [-0.1, -0.05) is 29.4 Å². The molecule has 1 fully saturated rings. The van der Waals surface area contributed by atoms with Gasteiger partial charge in [-0.15, -0.1) is 0 Å². The summed E-state index contributed by atoms with van der Waals surface area (Å²) in [5, 5.41) is 3.97. The Morgan fingerprint density at radius 2 is 2.00 bits per heavy atom. The topological polar surface area (TPSA) is 49.6 Å². The van der Waals surface area contributed by atoms with Crippen LogP contribution in [0.25, 0.3) is 0 Å². The van der Waals surface area contributed by atoms with Crippen molar-refractivity contribution in [2.45, 2.75) is 45.2 Å². The molecule has 4 rings (SSSR count). The van der Waals surface area contributed by atoms with Gasteiger partial charge in [0, 0.05) is 18.6 Å². The number of carbonyl (C=O) groups is 1. The Morgan fingerprint density at radius 1 is 1.24 bits per heavy atom. The van der Waals surface area contributed by atoms with Gasteiger partial charge in [0.1, 0.15) is 11.3 Å². The number of hydrogen-bond acceptors (Lipinski definition) is 4. The molecule has 1 atom stereocenters. The van der Waals surface area contributed by atoms with Gasteiger partial charge in [-0.2, -0.15) is 0 Å². The van der Waals surface area contributed by atoms with Crippen molar-refractivity contribution in [2.75, 3.05) is 20.1 Å². The molecule has 3 heterocycles. The van der Waals surface area contributed by atoms with Crippen LogP contribution < -0.4 is 0 Å². The normalized spacial score (nSPS) is 23.7. The molecule has 1 spiro atoms. The number of hydrogen-bond donors (Lipinski definition) is 0. The van der Waals surface area contributed by atoms with Crippen LogP contribution in [0.2, 0.25) is 0 Å². The third kappa shape index (κ3) is 2.67. The molecule has 2 aliphatic heterocycles. The van der Waals surface area contributed by atoms with Crippen LogP contribution in [0, 0.1) is 13.8 Å². The molecule has 1 unspecified atom stereocenters. The van der Waals surface area contributed by atoms with E-state index in [2.05, 4.69) is 41.4 Å². The second-order valence-electron chi connectivity index (χ2n) is 7.56. The molecule has 25 heavy (non-hydrogen) atoms. The van der Waals surface area contributed by atoms with Gasteiger partial charge in [-0.05, 0) is 57.8 Å². The third-order valence-corrected chi connectivity index (χ3v) is 5.96. The van der Waals surface area contributed by atoms with Gasteiger partial charge in [0.15, 0.2) is 0 Å². The molecule has 132 valence electrons. The lowest BCUT2D eigenvalue weighted by atomic mass is 9.87. The van der Waals surface area contributed by atoms with Gasteiger partial charge in [-0.25, -0.2) is 0 Å². The Morgan fingerprint density at radius 3 is 2.64 bits per heavy atom. The molecule has 0 radical (unpaired) electrons. The van der Waals surface area contributed by atoms with E-state index in [-0.39, 0.29) is 11.4 Å². The van der Waals surface area contributed by atoms with E-state index in [0.717, 1.165) is 25.9 Å². The molecular weight excluding hydrogens is 314 g/mol. The average molecular weight is 339 g/mol. The Balaban J connectivity index is 1.76. The number of aryl methyl sites for hydroxylation is 2. The van der Waals surface area contributed by atoms with Crippen LogP contribution in [0.4, 0.5) is 0 Å². The van der Waals surface area contributed by atoms with Crippen LogP contribution in [-0.2, 0) is 13.0 Å². The zero-order chi connectivity index (χ0) is 17.6. The second kappa shape index (κ2) is 5.99. The van der Waals surface area contributed by atoms with E-state index in [1.807, 2.05) is 18.7 Å². The number of aromatic nitrogens is 1. The first-order valence-electron chi connectivity index (χ1n) is 9.00. The first-order valence-corrected chi connectivity index (χ1v) is 9.00. The molecule has 1 amide bonds. The van der Waals surface area contributed by atoms with E-state index >= 15 is 0 Å². The van der Waals surface area contributed by atoms with Crippen molar-refractivity contribution in [2.24, 2.45) is 0 Å². The predicted octanol–water partition coefficient (Wildman–Crippen LogP) is 2.95. The molecule has 0 bridgehead atoms. The van der Waals surface area contributed by atoms with Crippen molar-refractivity contribution in [3.05, 3.63) is 52.4 Å². The quantitative estimate of drug-likeness (QED) is 0.801. The fourth-order valence-electron chi connectivity index (χ4n) is 4.50. The van der Waals surface area contributed by atoms with Gasteiger partial charge in [0.05, 0.1) is 5.69 Å². The highest BCUT2D eigenvalue weighted by Gasteiger charge is 2.43. The maximum Gasteiger partial charge on any atom is 0.259 e. The minimum Gasteiger partial charge on any atom is -0.361 e. The minimum atomic E-state index is 0.0290. The summed E-state index contributed by atoms with van der Waals surface area (Å²) in [6, 6.07) is 8.53. The number of rotatable bonds is 1. The molecule has 2 aromatic rings. The molecule has 0 saturated carbocycles. The molecule has 0 aliphatic carbocycles. The fourth-order valence-corrected chi connectivity index (χ4v) is 4.50. The maximum atomic E-state index is 13.3. The van der Waals surface area contributed by atoms with Gasteiger partial charge < -0.3 is 9.42 Å². The summed E-state index contributed by atoms with van der Waals surface area (Å²) in [5.74, 6) is 0.640. The number of carbonyl (C=O) groups excluding carboxylic acids is 1. The monoisotopic (exact) mass is 339 g/mol. The standard InChI is InChI=1S/C20H25N3O2/c1-14-18(15(2)25-21-14)19(24)23-12-17-8-5-4-7-16(17)11-20(13-23)9-6-10-22(20)3/h4-5,7-8H,6,9-13H2,1-3H3. The Kier molecular flexibility index (Phi) is 3.91. The van der Waals surface area contributed by atoms with E-state index in [1.165, 1.54) is 17.5 Å². The third-order valence-electron chi connectivity index (χ3n) is 5.96. The van der Waals surface area contributed by atoms with Crippen molar-refractivity contribution >= 4 is 5.91 Å². The van der Waals surface area contributed by atoms with E-state index < -0.39 is 0 Å². The van der Waals surface area contributed by atoms with Crippen molar-refractivity contribution < 1.29 is 9.32 Å². The summed E-state index contributed by atoms with van der Waals surface area (Å²) in [6.45, 7) is 6.15. The SMILES string of the molecule is Cc1noc(C)c1C(=O)N1Cc2ccccc2CC2(CCCN2C)C1. The number of fused-ring (bicyclic) bond motifs is 1. The first-order chi connectivity index (χ1) is 12.0. The number of nitrogens with zero attached hydrogens (tertiary/aromatic N) is 3. The van der Waals surface area contributed by atoms with E-state index in [0.29, 0.717) is 23.6 Å². The molecule has 2 aliphatic rings. The van der Waals surface area contributed by atoms with Crippen LogP contribution in [0.5, 0.6) is 0 Å². The lowest BCUT2D eigenvalue weighted by molar-refractivity contribution is 0.0597. The molecule has 1 saturated heterocycles. The van der Waals surface area contributed by atoms with Gasteiger partial charge in [0.2, 0.25) is 0 Å². The van der Waals surface area contributed by atoms with Crippen molar-refractivity contribution in [3.8, 4) is 0 Å². The van der Waals surface area contributed by atoms with E-state index in [4.69, 9.17) is 4.52 Å². The van der Waals surface area contributed by atoms with Gasteiger partial charge in [0.25, 0.3) is 5.91 Å². The Bertz CT molecular complexity index is 794. The molecule has 0 N–H and O–H groups in total. The lowest BCUT2D eigenvalue weighted by Gasteiger charge is -2.38. The number of likely N-dealkylation sites (N-methyl/N-ethyl adjacent to an activating group) is 1. The van der Waals surface area contributed by atoms with Crippen LogP contribution in [0.1, 0.15) is 45.8 Å². The fraction of sp³-hybridized carbons (Fsp3) is 0.500. The van der Waals surface area contributed by atoms with Crippen molar-refractivity contribution in [1.82, 2.24) is 15.0 Å². The minimum absolute atomic E-state index is 0.0290. The average Bonchev–Trinajstić information content (AvgIpc) is 3.03. The molecule has 1 aromatic heterocycles. The van der Waals surface area contributed by atoms with Gasteiger partial charge >= 0.3 is 0 Å². The highest BCUT2D eigenvalue weighted by molar-refractivity contribution is 5.96. The molecule has 5 nitrogen and oxygen atoms in total. The number of benzene rings is 1. The zero-order valence-electron chi connectivity index (χ0n) is 15.2. The van der Waals surface area contributed by atoms with Gasteiger partial charge in [-0.3, -0.25) is 9.69 Å². The smallest absolute Gasteiger partial charge is 0.259 e. The molecular formula is C20H25N3O2. The van der Waals surface area contributed by atoms with Crippen LogP contribution >= 0.6 is 0 Å². The summed E-state index contributed by atoms with van der Waals surface area (Å²) < 4.78 is 5.24. The summed E-state index contributed by atoms with van der Waals surface area (Å²) in [4.78, 5) is 17.8. The summed E-state index contributed by atoms with van der Waals surface area (Å²) in [6.07, 6.45) is 3.32. The van der Waals surface area contributed by atoms with E-state index in [9.17, 15) is 4.79 Å². The largest absolute Gasteiger partial charge is 0.361 e. The van der Waals surface area contributed by atoms with E-state index in [1.54, 1.807) is 0 Å². The van der Waals surface area contributed by atoms with Crippen molar-refractivity contribution in [1.29, 1.82) is 0 Å². The highest BCUT2D eigenvalue weighted by Crippen LogP contribution is 2.36. The van der Waals surface area contributed by atoms with Crippen LogP contribution in [0.15, 0.2) is 28.8 Å². The first kappa shape index (κ1) is 16.3.